The SMILES string of the molecule is CNc1nc(N(C)CCC(C)O)c(F)cc1F. The molecule has 4 nitrogen and oxygen atoms in total. The number of aliphatic hydroxyl groups is 1. The first kappa shape index (κ1) is 13.6. The smallest absolute Gasteiger partial charge is 0.168 e. The lowest BCUT2D eigenvalue weighted by molar-refractivity contribution is 0.186. The molecule has 96 valence electrons. The van der Waals surface area contributed by atoms with Crippen LogP contribution in [-0.4, -0.2) is 36.8 Å². The second kappa shape index (κ2) is 5.77. The summed E-state index contributed by atoms with van der Waals surface area (Å²) >= 11 is 0. The third-order valence-corrected chi connectivity index (χ3v) is 2.39. The van der Waals surface area contributed by atoms with Gasteiger partial charge in [-0.2, -0.15) is 0 Å². The number of hydrogen-bond acceptors (Lipinski definition) is 4. The Labute approximate surface area is 99.3 Å². The molecule has 0 fully saturated rings. The molecule has 0 spiro atoms. The number of anilines is 2. The zero-order chi connectivity index (χ0) is 13.0. The number of halogens is 2. The van der Waals surface area contributed by atoms with Gasteiger partial charge in [0.05, 0.1) is 6.10 Å². The van der Waals surface area contributed by atoms with Crippen LogP contribution in [0.2, 0.25) is 0 Å². The van der Waals surface area contributed by atoms with Gasteiger partial charge in [-0.05, 0) is 13.3 Å². The van der Waals surface area contributed by atoms with Crippen molar-refractivity contribution in [3.8, 4) is 0 Å². The first-order valence-electron chi connectivity index (χ1n) is 5.38. The van der Waals surface area contributed by atoms with Gasteiger partial charge in [-0.3, -0.25) is 0 Å². The fraction of sp³-hybridized carbons (Fsp3) is 0.545. The summed E-state index contributed by atoms with van der Waals surface area (Å²) in [6.07, 6.45) is 0.0221. The molecule has 2 N–H and O–H groups in total. The van der Waals surface area contributed by atoms with Crippen molar-refractivity contribution < 1.29 is 13.9 Å². The van der Waals surface area contributed by atoms with Crippen molar-refractivity contribution in [1.82, 2.24) is 4.98 Å². The number of aliphatic hydroxyl groups excluding tert-OH is 1. The van der Waals surface area contributed by atoms with E-state index in [1.807, 2.05) is 0 Å². The topological polar surface area (TPSA) is 48.4 Å². The number of nitrogens with zero attached hydrogens (tertiary/aromatic N) is 2. The molecule has 0 aliphatic rings. The molecule has 0 saturated carbocycles. The number of aromatic nitrogens is 1. The van der Waals surface area contributed by atoms with Crippen LogP contribution in [0.3, 0.4) is 0 Å². The minimum atomic E-state index is -0.724. The van der Waals surface area contributed by atoms with Gasteiger partial charge in [0.1, 0.15) is 0 Å². The summed E-state index contributed by atoms with van der Waals surface area (Å²) in [5, 5.41) is 11.7. The van der Waals surface area contributed by atoms with Gasteiger partial charge < -0.3 is 15.3 Å². The van der Waals surface area contributed by atoms with Crippen LogP contribution >= 0.6 is 0 Å². The van der Waals surface area contributed by atoms with Gasteiger partial charge in [-0.25, -0.2) is 13.8 Å². The van der Waals surface area contributed by atoms with Crippen LogP contribution in [-0.2, 0) is 0 Å². The minimum Gasteiger partial charge on any atom is -0.393 e. The second-order valence-electron chi connectivity index (χ2n) is 3.93. The average Bonchev–Trinajstić information content (AvgIpc) is 2.26. The number of pyridine rings is 1. The van der Waals surface area contributed by atoms with Crippen molar-refractivity contribution in [3.63, 3.8) is 0 Å². The summed E-state index contributed by atoms with van der Waals surface area (Å²) in [4.78, 5) is 5.40. The minimum absolute atomic E-state index is 0.00490. The molecule has 0 bridgehead atoms. The number of nitrogens with one attached hydrogen (secondary N) is 1. The van der Waals surface area contributed by atoms with Crippen molar-refractivity contribution in [3.05, 3.63) is 17.7 Å². The summed E-state index contributed by atoms with van der Waals surface area (Å²) in [6, 6.07) is 0.799. The van der Waals surface area contributed by atoms with Gasteiger partial charge in [0.2, 0.25) is 0 Å². The molecule has 0 amide bonds. The lowest BCUT2D eigenvalue weighted by Gasteiger charge is -2.20. The van der Waals surface area contributed by atoms with Crippen LogP contribution in [0.4, 0.5) is 20.4 Å². The van der Waals surface area contributed by atoms with E-state index in [-0.39, 0.29) is 11.6 Å². The molecule has 0 saturated heterocycles. The highest BCUT2D eigenvalue weighted by atomic mass is 19.1. The first-order valence-corrected chi connectivity index (χ1v) is 5.38. The summed E-state index contributed by atoms with van der Waals surface area (Å²) < 4.78 is 26.7. The average molecular weight is 245 g/mol. The predicted octanol–water partition coefficient (Wildman–Crippen LogP) is 1.61. The predicted molar refractivity (Wildman–Crippen MR) is 63.3 cm³/mol. The quantitative estimate of drug-likeness (QED) is 0.827. The Morgan fingerprint density at radius 1 is 1.47 bits per heavy atom. The van der Waals surface area contributed by atoms with Crippen LogP contribution < -0.4 is 10.2 Å². The van der Waals surface area contributed by atoms with Gasteiger partial charge in [-0.15, -0.1) is 0 Å². The second-order valence-corrected chi connectivity index (χ2v) is 3.93. The van der Waals surface area contributed by atoms with Crippen LogP contribution in [0.25, 0.3) is 0 Å². The molecule has 1 atom stereocenters. The number of rotatable bonds is 5. The Hall–Kier alpha value is -1.43. The fourth-order valence-electron chi connectivity index (χ4n) is 1.39. The van der Waals surface area contributed by atoms with Crippen molar-refractivity contribution in [2.24, 2.45) is 0 Å². The van der Waals surface area contributed by atoms with Gasteiger partial charge in [0, 0.05) is 26.7 Å². The third kappa shape index (κ3) is 3.52. The molecule has 1 unspecified atom stereocenters. The van der Waals surface area contributed by atoms with E-state index in [0.717, 1.165) is 6.07 Å². The highest BCUT2D eigenvalue weighted by molar-refractivity contribution is 5.48. The molecule has 1 heterocycles. The normalized spacial score (nSPS) is 12.4. The highest BCUT2D eigenvalue weighted by Crippen LogP contribution is 2.21. The number of hydrogen-bond donors (Lipinski definition) is 2. The summed E-state index contributed by atoms with van der Waals surface area (Å²) in [6.45, 7) is 2.09. The van der Waals surface area contributed by atoms with Crippen molar-refractivity contribution in [2.45, 2.75) is 19.4 Å². The van der Waals surface area contributed by atoms with Gasteiger partial charge >= 0.3 is 0 Å². The summed E-state index contributed by atoms with van der Waals surface area (Å²) in [5.41, 5.74) is 0. The van der Waals surface area contributed by atoms with E-state index in [9.17, 15) is 8.78 Å². The molecule has 0 radical (unpaired) electrons. The van der Waals surface area contributed by atoms with Crippen molar-refractivity contribution >= 4 is 11.6 Å². The van der Waals surface area contributed by atoms with Crippen molar-refractivity contribution in [2.75, 3.05) is 30.9 Å². The van der Waals surface area contributed by atoms with E-state index < -0.39 is 17.7 Å². The van der Waals surface area contributed by atoms with Gasteiger partial charge in [-0.1, -0.05) is 0 Å². The van der Waals surface area contributed by atoms with Crippen LogP contribution in [0.1, 0.15) is 13.3 Å². The highest BCUT2D eigenvalue weighted by Gasteiger charge is 2.14. The molecule has 0 aromatic carbocycles. The zero-order valence-electron chi connectivity index (χ0n) is 10.2. The van der Waals surface area contributed by atoms with Gasteiger partial charge in [0.25, 0.3) is 0 Å². The van der Waals surface area contributed by atoms with Crippen molar-refractivity contribution in [1.29, 1.82) is 0 Å². The van der Waals surface area contributed by atoms with Crippen LogP contribution in [0, 0.1) is 11.6 Å². The summed E-state index contributed by atoms with van der Waals surface area (Å²) in [5.74, 6) is -1.37. The van der Waals surface area contributed by atoms with Crippen LogP contribution in [0.5, 0.6) is 0 Å². The zero-order valence-corrected chi connectivity index (χ0v) is 10.2. The fourth-order valence-corrected chi connectivity index (χ4v) is 1.39. The first-order chi connectivity index (χ1) is 7.95. The monoisotopic (exact) mass is 245 g/mol. The molecule has 1 rings (SSSR count). The maximum Gasteiger partial charge on any atom is 0.168 e. The largest absolute Gasteiger partial charge is 0.393 e. The molecule has 17 heavy (non-hydrogen) atoms. The lowest BCUT2D eigenvalue weighted by atomic mass is 10.2. The summed E-state index contributed by atoms with van der Waals surface area (Å²) in [7, 11) is 3.16. The molecular formula is C11H17F2N3O. The molecule has 1 aromatic heterocycles. The van der Waals surface area contributed by atoms with E-state index in [2.05, 4.69) is 10.3 Å². The van der Waals surface area contributed by atoms with E-state index in [1.165, 1.54) is 7.05 Å². The Morgan fingerprint density at radius 3 is 2.65 bits per heavy atom. The van der Waals surface area contributed by atoms with E-state index in [4.69, 9.17) is 5.11 Å². The maximum atomic E-state index is 13.5. The molecular weight excluding hydrogens is 228 g/mol. The third-order valence-electron chi connectivity index (χ3n) is 2.39. The Morgan fingerprint density at radius 2 is 2.12 bits per heavy atom. The van der Waals surface area contributed by atoms with Gasteiger partial charge in [0.15, 0.2) is 23.3 Å². The van der Waals surface area contributed by atoms with E-state index in [0.29, 0.717) is 13.0 Å². The molecule has 1 aromatic rings. The maximum absolute atomic E-state index is 13.5. The van der Waals surface area contributed by atoms with Crippen LogP contribution in [0.15, 0.2) is 6.07 Å². The van der Waals surface area contributed by atoms with E-state index >= 15 is 0 Å². The Bertz CT molecular complexity index is 385. The Kier molecular flexibility index (Phi) is 4.62. The molecule has 0 aliphatic heterocycles. The Balaban J connectivity index is 2.89. The lowest BCUT2D eigenvalue weighted by Crippen LogP contribution is -2.24. The molecule has 0 aliphatic carbocycles. The molecule has 6 heteroatoms. The standard InChI is InChI=1S/C11H17F2N3O/c1-7(17)4-5-16(3)11-9(13)6-8(12)10(14-2)15-11/h6-7,17H,4-5H2,1-3H3,(H,14,15). The van der Waals surface area contributed by atoms with E-state index in [1.54, 1.807) is 18.9 Å².